The molecule has 3 amide bonds. The van der Waals surface area contributed by atoms with Gasteiger partial charge in [0.15, 0.2) is 11.6 Å². The maximum absolute atomic E-state index is 13.5. The van der Waals surface area contributed by atoms with Crippen LogP contribution in [0.4, 0.5) is 19.3 Å². The van der Waals surface area contributed by atoms with Gasteiger partial charge in [-0.1, -0.05) is 6.08 Å². The number of benzene rings is 1. The summed E-state index contributed by atoms with van der Waals surface area (Å²) in [5.74, 6) is -2.85. The molecular formula is C23H24F2N6O5. The van der Waals surface area contributed by atoms with E-state index in [-0.39, 0.29) is 47.8 Å². The Morgan fingerprint density at radius 2 is 1.97 bits per heavy atom. The highest BCUT2D eigenvalue weighted by Gasteiger charge is 2.21. The van der Waals surface area contributed by atoms with Crippen molar-refractivity contribution in [3.05, 3.63) is 70.4 Å². The molecule has 4 N–H and O–H groups in total. The topological polar surface area (TPSA) is 149 Å². The van der Waals surface area contributed by atoms with Crippen LogP contribution in [0.15, 0.2) is 47.4 Å². The lowest BCUT2D eigenvalue weighted by molar-refractivity contribution is -0.123. The van der Waals surface area contributed by atoms with Crippen LogP contribution in [0, 0.1) is 11.6 Å². The summed E-state index contributed by atoms with van der Waals surface area (Å²) in [5, 5.41) is 13.6. The molecule has 1 atom stereocenters. The lowest BCUT2D eigenvalue weighted by atomic mass is 10.1. The summed E-state index contributed by atoms with van der Waals surface area (Å²) in [6, 6.07) is 3.56. The summed E-state index contributed by atoms with van der Waals surface area (Å²) in [4.78, 5) is 56.6. The van der Waals surface area contributed by atoms with Gasteiger partial charge in [0, 0.05) is 32.4 Å². The Morgan fingerprint density at radius 1 is 1.25 bits per heavy atom. The first-order chi connectivity index (χ1) is 17.0. The van der Waals surface area contributed by atoms with Gasteiger partial charge in [-0.25, -0.2) is 18.6 Å². The molecule has 0 radical (unpaired) electrons. The summed E-state index contributed by atoms with van der Waals surface area (Å²) >= 11 is 0. The van der Waals surface area contributed by atoms with E-state index >= 15 is 0 Å². The zero-order chi connectivity index (χ0) is 26.4. The van der Waals surface area contributed by atoms with Crippen molar-refractivity contribution in [2.45, 2.75) is 25.4 Å². The molecule has 0 aliphatic carbocycles. The third-order valence-corrected chi connectivity index (χ3v) is 5.11. The van der Waals surface area contributed by atoms with Crippen LogP contribution in [-0.2, 0) is 16.1 Å². The number of carboxylic acid groups (broad SMARTS) is 1. The minimum absolute atomic E-state index is 0.0441. The normalized spacial score (nSPS) is 12.0. The number of aromatic amines is 1. The molecule has 0 aliphatic heterocycles. The van der Waals surface area contributed by atoms with Crippen molar-refractivity contribution in [3.63, 3.8) is 0 Å². The number of H-pyrrole nitrogens is 1. The maximum atomic E-state index is 13.5. The number of aromatic nitrogens is 3. The molecular weight excluding hydrogens is 478 g/mol. The Morgan fingerprint density at radius 3 is 2.67 bits per heavy atom. The third-order valence-electron chi connectivity index (χ3n) is 5.11. The van der Waals surface area contributed by atoms with E-state index in [1.165, 1.54) is 39.9 Å². The number of halogens is 2. The monoisotopic (exact) mass is 502 g/mol. The highest BCUT2D eigenvalue weighted by Crippen LogP contribution is 2.16. The van der Waals surface area contributed by atoms with Crippen molar-refractivity contribution in [2.75, 3.05) is 19.4 Å². The number of pyridine rings is 1. The number of allylic oxidation sites excluding steroid dienone is 1. The number of likely N-dealkylation sites (N-methyl/N-ethyl adjacent to an activating group) is 1. The number of hydrogen-bond donors (Lipinski definition) is 4. The predicted molar refractivity (Wildman–Crippen MR) is 126 cm³/mol. The molecule has 0 fully saturated rings. The Kier molecular flexibility index (Phi) is 8.14. The fraction of sp³-hybridized carbons (Fsp3) is 0.261. The molecule has 0 aliphatic rings. The number of hydrogen-bond acceptors (Lipinski definition) is 5. The molecule has 0 saturated carbocycles. The largest absolute Gasteiger partial charge is 0.465 e. The quantitative estimate of drug-likeness (QED) is 0.329. The number of rotatable bonds is 9. The van der Waals surface area contributed by atoms with Gasteiger partial charge in [-0.15, -0.1) is 0 Å². The lowest BCUT2D eigenvalue weighted by Crippen LogP contribution is -2.44. The molecule has 13 heteroatoms. The fourth-order valence-electron chi connectivity index (χ4n) is 3.28. The smallest absolute Gasteiger partial charge is 0.405 e. The second kappa shape index (κ2) is 11.3. The SMILES string of the molecule is CN(C)C(=O)C=CCCC(NC(=O)O)C(=O)Nc1cccn(Cc2nc3cc(F)c(F)cc3[nH]2)c1=O. The first kappa shape index (κ1) is 26.1. The van der Waals surface area contributed by atoms with Gasteiger partial charge in [0.2, 0.25) is 11.8 Å². The summed E-state index contributed by atoms with van der Waals surface area (Å²) in [5.41, 5.74) is -0.268. The number of anilines is 1. The lowest BCUT2D eigenvalue weighted by Gasteiger charge is -2.16. The highest BCUT2D eigenvalue weighted by molar-refractivity contribution is 5.96. The van der Waals surface area contributed by atoms with Crippen molar-refractivity contribution in [3.8, 4) is 0 Å². The number of carbonyl (C=O) groups excluding carboxylic acids is 2. The van der Waals surface area contributed by atoms with Gasteiger partial charge >= 0.3 is 6.09 Å². The van der Waals surface area contributed by atoms with Crippen LogP contribution >= 0.6 is 0 Å². The van der Waals surface area contributed by atoms with Gasteiger partial charge < -0.3 is 30.2 Å². The van der Waals surface area contributed by atoms with E-state index in [1.54, 1.807) is 14.1 Å². The van der Waals surface area contributed by atoms with Crippen molar-refractivity contribution < 1.29 is 28.3 Å². The van der Waals surface area contributed by atoms with Gasteiger partial charge in [-0.3, -0.25) is 14.4 Å². The van der Waals surface area contributed by atoms with Crippen LogP contribution in [0.2, 0.25) is 0 Å². The van der Waals surface area contributed by atoms with Crippen molar-refractivity contribution in [1.29, 1.82) is 0 Å². The second-order valence-electron chi connectivity index (χ2n) is 8.03. The first-order valence-corrected chi connectivity index (χ1v) is 10.8. The Labute approximate surface area is 203 Å². The molecule has 3 aromatic rings. The molecule has 190 valence electrons. The van der Waals surface area contributed by atoms with Crippen LogP contribution < -0.4 is 16.2 Å². The Hall–Kier alpha value is -4.55. The summed E-state index contributed by atoms with van der Waals surface area (Å²) in [6.07, 6.45) is 3.12. The number of carbonyl (C=O) groups is 3. The van der Waals surface area contributed by atoms with E-state index in [1.807, 2.05) is 0 Å². The number of fused-ring (bicyclic) bond motifs is 1. The minimum atomic E-state index is -1.42. The Balaban J connectivity index is 1.73. The van der Waals surface area contributed by atoms with E-state index < -0.39 is 35.2 Å². The molecule has 0 bridgehead atoms. The molecule has 1 aromatic carbocycles. The zero-order valence-electron chi connectivity index (χ0n) is 19.4. The molecule has 2 aromatic heterocycles. The zero-order valence-corrected chi connectivity index (χ0v) is 19.4. The van der Waals surface area contributed by atoms with Crippen LogP contribution in [-0.4, -0.2) is 62.6 Å². The molecule has 0 spiro atoms. The number of nitrogens with one attached hydrogen (secondary N) is 3. The Bertz CT molecular complexity index is 1340. The molecule has 3 rings (SSSR count). The summed E-state index contributed by atoms with van der Waals surface area (Å²) < 4.78 is 28.1. The highest BCUT2D eigenvalue weighted by atomic mass is 19.2. The van der Waals surface area contributed by atoms with Crippen molar-refractivity contribution >= 4 is 34.6 Å². The molecule has 36 heavy (non-hydrogen) atoms. The molecule has 1 unspecified atom stereocenters. The first-order valence-electron chi connectivity index (χ1n) is 10.8. The van der Waals surface area contributed by atoms with Crippen LogP contribution in [0.25, 0.3) is 11.0 Å². The van der Waals surface area contributed by atoms with Gasteiger partial charge in [0.05, 0.1) is 17.6 Å². The van der Waals surface area contributed by atoms with Crippen molar-refractivity contribution in [2.24, 2.45) is 0 Å². The number of imidazole rings is 1. The van der Waals surface area contributed by atoms with Gasteiger partial charge in [0.1, 0.15) is 17.6 Å². The van der Waals surface area contributed by atoms with E-state index in [4.69, 9.17) is 5.11 Å². The average Bonchev–Trinajstić information content (AvgIpc) is 3.19. The van der Waals surface area contributed by atoms with E-state index in [0.717, 1.165) is 12.1 Å². The van der Waals surface area contributed by atoms with Gasteiger partial charge in [-0.05, 0) is 31.1 Å². The van der Waals surface area contributed by atoms with E-state index in [0.29, 0.717) is 0 Å². The minimum Gasteiger partial charge on any atom is -0.465 e. The van der Waals surface area contributed by atoms with Gasteiger partial charge in [0.25, 0.3) is 5.56 Å². The standard InChI is InChI=1S/C23H24F2N6O5/c1-30(2)20(32)8-4-3-6-15(29-23(35)36)21(33)28-16-7-5-9-31(22(16)34)12-19-26-17-10-13(24)14(25)11-18(17)27-19/h4-5,7-11,15,29H,3,6,12H2,1-2H3,(H,26,27)(H,28,33)(H,35,36). The molecule has 11 nitrogen and oxygen atoms in total. The summed E-state index contributed by atoms with van der Waals surface area (Å²) in [6.45, 7) is -0.0814. The summed E-state index contributed by atoms with van der Waals surface area (Å²) in [7, 11) is 3.16. The van der Waals surface area contributed by atoms with Crippen LogP contribution in [0.3, 0.4) is 0 Å². The van der Waals surface area contributed by atoms with E-state index in [9.17, 15) is 28.0 Å². The third kappa shape index (κ3) is 6.52. The molecule has 2 heterocycles. The average molecular weight is 502 g/mol. The van der Waals surface area contributed by atoms with Crippen LogP contribution in [0.1, 0.15) is 18.7 Å². The van der Waals surface area contributed by atoms with Gasteiger partial charge in [-0.2, -0.15) is 0 Å². The van der Waals surface area contributed by atoms with Crippen LogP contribution in [0.5, 0.6) is 0 Å². The van der Waals surface area contributed by atoms with E-state index in [2.05, 4.69) is 20.6 Å². The second-order valence-corrected chi connectivity index (χ2v) is 8.03. The number of amides is 3. The van der Waals surface area contributed by atoms with Crippen molar-refractivity contribution in [1.82, 2.24) is 24.8 Å². The fourth-order valence-corrected chi connectivity index (χ4v) is 3.28. The number of nitrogens with zero attached hydrogens (tertiary/aromatic N) is 3. The molecule has 0 saturated heterocycles. The maximum Gasteiger partial charge on any atom is 0.405 e. The predicted octanol–water partition coefficient (Wildman–Crippen LogP) is 2.05.